The number of esters is 2. The average Bonchev–Trinajstić information content (AvgIpc) is 3.27. The molecule has 212 valence electrons. The van der Waals surface area contributed by atoms with Gasteiger partial charge in [0.25, 0.3) is 0 Å². The highest BCUT2D eigenvalue weighted by molar-refractivity contribution is 5.91. The third-order valence-electron chi connectivity index (χ3n) is 5.74. The van der Waals surface area contributed by atoms with Crippen LogP contribution in [0.5, 0.6) is 0 Å². The fourth-order valence-corrected chi connectivity index (χ4v) is 4.24. The lowest BCUT2D eigenvalue weighted by Gasteiger charge is -2.36. The van der Waals surface area contributed by atoms with Gasteiger partial charge in [-0.05, 0) is 72.3 Å². The molecule has 0 bridgehead atoms. The van der Waals surface area contributed by atoms with E-state index in [-0.39, 0.29) is 18.9 Å². The summed E-state index contributed by atoms with van der Waals surface area (Å²) in [5, 5.41) is 0. The van der Waals surface area contributed by atoms with Crippen LogP contribution in [0.25, 0.3) is 0 Å². The minimum atomic E-state index is -1.01. The largest absolute Gasteiger partial charge is 0.459 e. The lowest BCUT2D eigenvalue weighted by atomic mass is 10.0. The topological polar surface area (TPSA) is 102 Å². The van der Waals surface area contributed by atoms with Crippen molar-refractivity contribution in [3.8, 4) is 0 Å². The van der Waals surface area contributed by atoms with Gasteiger partial charge in [0.2, 0.25) is 5.91 Å². The number of nitrogens with zero attached hydrogens (tertiary/aromatic N) is 2. The molecule has 1 fully saturated rings. The molecule has 9 nitrogen and oxygen atoms in total. The van der Waals surface area contributed by atoms with E-state index in [2.05, 4.69) is 0 Å². The van der Waals surface area contributed by atoms with Gasteiger partial charge in [0.1, 0.15) is 36.4 Å². The molecular formula is C29H44N2O7. The first-order valence-corrected chi connectivity index (χ1v) is 13.3. The Hall–Kier alpha value is -3.10. The lowest BCUT2D eigenvalue weighted by molar-refractivity contribution is -0.160. The van der Waals surface area contributed by atoms with Crippen molar-refractivity contribution < 1.29 is 33.4 Å². The Kier molecular flexibility index (Phi) is 10.7. The summed E-state index contributed by atoms with van der Waals surface area (Å²) >= 11 is 0. The third kappa shape index (κ3) is 9.99. The number of rotatable bonds is 9. The van der Waals surface area contributed by atoms with Crippen LogP contribution in [0.1, 0.15) is 80.2 Å². The number of benzene rings is 1. The second kappa shape index (κ2) is 13.1. The van der Waals surface area contributed by atoms with Crippen LogP contribution in [0.2, 0.25) is 0 Å². The summed E-state index contributed by atoms with van der Waals surface area (Å²) in [4.78, 5) is 55.7. The van der Waals surface area contributed by atoms with Crippen molar-refractivity contribution >= 4 is 23.9 Å². The first-order valence-electron chi connectivity index (χ1n) is 13.3. The molecule has 0 aromatic heterocycles. The minimum Gasteiger partial charge on any atom is -0.459 e. The molecule has 1 aliphatic rings. The molecule has 2 amide bonds. The van der Waals surface area contributed by atoms with Crippen LogP contribution in [0, 0.1) is 5.92 Å². The monoisotopic (exact) mass is 532 g/mol. The average molecular weight is 533 g/mol. The van der Waals surface area contributed by atoms with Crippen LogP contribution in [0.15, 0.2) is 30.3 Å². The van der Waals surface area contributed by atoms with E-state index >= 15 is 0 Å². The molecule has 1 unspecified atom stereocenters. The molecular weight excluding hydrogens is 488 g/mol. The van der Waals surface area contributed by atoms with E-state index in [9.17, 15) is 19.2 Å². The summed E-state index contributed by atoms with van der Waals surface area (Å²) in [5.41, 5.74) is -0.758. The van der Waals surface area contributed by atoms with E-state index in [4.69, 9.17) is 14.2 Å². The highest BCUT2D eigenvalue weighted by atomic mass is 16.6. The molecule has 2 rings (SSSR count). The van der Waals surface area contributed by atoms with Crippen LogP contribution < -0.4 is 0 Å². The predicted octanol–water partition coefficient (Wildman–Crippen LogP) is 4.71. The van der Waals surface area contributed by atoms with E-state index in [0.717, 1.165) is 10.5 Å². The maximum atomic E-state index is 14.0. The molecule has 1 saturated heterocycles. The van der Waals surface area contributed by atoms with E-state index in [0.29, 0.717) is 19.4 Å². The summed E-state index contributed by atoms with van der Waals surface area (Å²) in [7, 11) is 0. The van der Waals surface area contributed by atoms with Gasteiger partial charge < -0.3 is 19.1 Å². The highest BCUT2D eigenvalue weighted by Gasteiger charge is 2.43. The number of hydrogen-bond donors (Lipinski definition) is 0. The molecule has 2 atom stereocenters. The molecule has 0 spiro atoms. The van der Waals surface area contributed by atoms with E-state index in [1.54, 1.807) is 41.5 Å². The van der Waals surface area contributed by atoms with Gasteiger partial charge in [0, 0.05) is 6.54 Å². The summed E-state index contributed by atoms with van der Waals surface area (Å²) in [6.07, 6.45) is 0.587. The molecule has 0 N–H and O–H groups in total. The van der Waals surface area contributed by atoms with Crippen molar-refractivity contribution in [2.75, 3.05) is 13.1 Å². The normalized spacial score (nSPS) is 16.7. The fraction of sp³-hybridized carbons (Fsp3) is 0.655. The highest BCUT2D eigenvalue weighted by Crippen LogP contribution is 2.25. The molecule has 9 heteroatoms. The SMILES string of the molecule is CC(C)CC(C(=O)N1CCC[C@H]1C(=O)OCc1ccccc1)N(CC(=O)OC(C)(C)C)C(=O)OC(C)(C)C. The molecule has 0 saturated carbocycles. The van der Waals surface area contributed by atoms with Gasteiger partial charge in [0.15, 0.2) is 0 Å². The van der Waals surface area contributed by atoms with Crippen LogP contribution in [-0.2, 0) is 35.2 Å². The molecule has 1 heterocycles. The first kappa shape index (κ1) is 31.1. The van der Waals surface area contributed by atoms with Crippen molar-refractivity contribution in [3.05, 3.63) is 35.9 Å². The number of hydrogen-bond acceptors (Lipinski definition) is 7. The second-order valence-corrected chi connectivity index (χ2v) is 12.1. The first-order chi connectivity index (χ1) is 17.6. The Bertz CT molecular complexity index is 963. The predicted molar refractivity (Wildman–Crippen MR) is 143 cm³/mol. The zero-order chi connectivity index (χ0) is 28.7. The van der Waals surface area contributed by atoms with Gasteiger partial charge in [-0.1, -0.05) is 44.2 Å². The van der Waals surface area contributed by atoms with Crippen molar-refractivity contribution in [1.29, 1.82) is 0 Å². The Balaban J connectivity index is 2.30. The number of ether oxygens (including phenoxy) is 3. The van der Waals surface area contributed by atoms with Crippen LogP contribution in [0.3, 0.4) is 0 Å². The van der Waals surface area contributed by atoms with Gasteiger partial charge in [-0.2, -0.15) is 0 Å². The maximum Gasteiger partial charge on any atom is 0.411 e. The number of carbonyl (C=O) groups excluding carboxylic acids is 4. The Morgan fingerprint density at radius 2 is 1.58 bits per heavy atom. The molecule has 1 aromatic carbocycles. The molecule has 1 aromatic rings. The molecule has 1 aliphatic heterocycles. The summed E-state index contributed by atoms with van der Waals surface area (Å²) in [6, 6.07) is 7.55. The standard InChI is InChI=1S/C29H44N2O7/c1-20(2)17-23(31(27(35)38-29(6,7)8)18-24(32)37-28(3,4)5)25(33)30-16-12-15-22(30)26(34)36-19-21-13-10-9-11-14-21/h9-11,13-14,20,22-23H,12,15-19H2,1-8H3/t22-,23?/m0/s1. The third-order valence-corrected chi connectivity index (χ3v) is 5.74. The van der Waals surface area contributed by atoms with Crippen LogP contribution in [0.4, 0.5) is 4.79 Å². The van der Waals surface area contributed by atoms with E-state index in [1.165, 1.54) is 4.90 Å². The van der Waals surface area contributed by atoms with Crippen molar-refractivity contribution in [2.24, 2.45) is 5.92 Å². The fourth-order valence-electron chi connectivity index (χ4n) is 4.24. The molecule has 0 aliphatic carbocycles. The number of carbonyl (C=O) groups is 4. The van der Waals surface area contributed by atoms with Gasteiger partial charge >= 0.3 is 18.0 Å². The van der Waals surface area contributed by atoms with E-state index in [1.807, 2.05) is 44.2 Å². The van der Waals surface area contributed by atoms with Gasteiger partial charge in [-0.25, -0.2) is 9.59 Å². The zero-order valence-corrected chi connectivity index (χ0v) is 24.1. The van der Waals surface area contributed by atoms with E-state index < -0.39 is 53.8 Å². The lowest BCUT2D eigenvalue weighted by Crippen LogP contribution is -2.56. The maximum absolute atomic E-state index is 14.0. The smallest absolute Gasteiger partial charge is 0.411 e. The van der Waals surface area contributed by atoms with Crippen molar-refractivity contribution in [3.63, 3.8) is 0 Å². The van der Waals surface area contributed by atoms with Crippen molar-refractivity contribution in [2.45, 2.75) is 105 Å². The van der Waals surface area contributed by atoms with Gasteiger partial charge in [0.05, 0.1) is 0 Å². The molecule has 0 radical (unpaired) electrons. The Morgan fingerprint density at radius 3 is 2.13 bits per heavy atom. The van der Waals surface area contributed by atoms with Gasteiger partial charge in [-0.3, -0.25) is 14.5 Å². The summed E-state index contributed by atoms with van der Waals surface area (Å²) < 4.78 is 16.6. The summed E-state index contributed by atoms with van der Waals surface area (Å²) in [6.45, 7) is 14.2. The number of amides is 2. The Morgan fingerprint density at radius 1 is 0.974 bits per heavy atom. The zero-order valence-electron chi connectivity index (χ0n) is 24.1. The quantitative estimate of drug-likeness (QED) is 0.335. The Labute approximate surface area is 226 Å². The van der Waals surface area contributed by atoms with Gasteiger partial charge in [-0.15, -0.1) is 0 Å². The number of likely N-dealkylation sites (tertiary alicyclic amines) is 1. The molecule has 38 heavy (non-hydrogen) atoms. The van der Waals surface area contributed by atoms with Crippen LogP contribution in [-0.4, -0.2) is 70.1 Å². The van der Waals surface area contributed by atoms with Crippen LogP contribution >= 0.6 is 0 Å². The second-order valence-electron chi connectivity index (χ2n) is 12.1. The minimum absolute atomic E-state index is 0.0126. The van der Waals surface area contributed by atoms with Crippen molar-refractivity contribution in [1.82, 2.24) is 9.80 Å². The summed E-state index contributed by atoms with van der Waals surface area (Å²) in [5.74, 6) is -1.53.